The molecule has 2 aromatic rings. The van der Waals surface area contributed by atoms with E-state index in [0.29, 0.717) is 17.0 Å². The molecule has 0 saturated carbocycles. The minimum absolute atomic E-state index is 0.156. The van der Waals surface area contributed by atoms with E-state index < -0.39 is 5.41 Å². The van der Waals surface area contributed by atoms with E-state index in [1.807, 2.05) is 26.0 Å². The smallest absolute Gasteiger partial charge is 0.251 e. The normalized spacial score (nSPS) is 19.4. The van der Waals surface area contributed by atoms with E-state index in [1.165, 1.54) is 0 Å². The first-order chi connectivity index (χ1) is 13.7. The van der Waals surface area contributed by atoms with Crippen LogP contribution in [0.15, 0.2) is 36.4 Å². The van der Waals surface area contributed by atoms with Crippen LogP contribution in [-0.2, 0) is 16.1 Å². The summed E-state index contributed by atoms with van der Waals surface area (Å²) in [7, 11) is 0. The third-order valence-electron chi connectivity index (χ3n) is 5.50. The van der Waals surface area contributed by atoms with Gasteiger partial charge in [-0.05, 0) is 55.2 Å². The summed E-state index contributed by atoms with van der Waals surface area (Å²) < 4.78 is 0. The number of imide groups is 1. The molecule has 0 bridgehead atoms. The van der Waals surface area contributed by atoms with Crippen LogP contribution < -0.4 is 10.6 Å². The summed E-state index contributed by atoms with van der Waals surface area (Å²) in [5, 5.41) is 14.2. The van der Waals surface area contributed by atoms with Crippen molar-refractivity contribution < 1.29 is 14.4 Å². The van der Waals surface area contributed by atoms with E-state index in [-0.39, 0.29) is 36.6 Å². The van der Waals surface area contributed by atoms with Gasteiger partial charge in [-0.3, -0.25) is 19.7 Å². The van der Waals surface area contributed by atoms with Gasteiger partial charge in [-0.1, -0.05) is 19.1 Å². The van der Waals surface area contributed by atoms with Gasteiger partial charge in [0.15, 0.2) is 0 Å². The number of rotatable bonds is 5. The lowest BCUT2D eigenvalue weighted by Crippen LogP contribution is -2.33. The number of pyridine rings is 1. The van der Waals surface area contributed by atoms with Crippen LogP contribution in [0.2, 0.25) is 0 Å². The molecule has 0 radical (unpaired) electrons. The molecule has 1 aromatic heterocycles. The van der Waals surface area contributed by atoms with Crippen molar-refractivity contribution in [3.05, 3.63) is 64.5 Å². The van der Waals surface area contributed by atoms with Crippen molar-refractivity contribution in [2.75, 3.05) is 0 Å². The minimum atomic E-state index is -0.795. The maximum atomic E-state index is 12.4. The molecule has 3 rings (SSSR count). The largest absolute Gasteiger partial charge is 0.346 e. The Labute approximate surface area is 169 Å². The van der Waals surface area contributed by atoms with Crippen LogP contribution in [0, 0.1) is 23.7 Å². The van der Waals surface area contributed by atoms with Crippen LogP contribution >= 0.6 is 0 Å². The molecular formula is C22H22N4O3. The van der Waals surface area contributed by atoms with Gasteiger partial charge in [-0.25, -0.2) is 4.98 Å². The van der Waals surface area contributed by atoms with Gasteiger partial charge in [0.05, 0.1) is 17.7 Å². The number of nitrogens with zero attached hydrogens (tertiary/aromatic N) is 2. The van der Waals surface area contributed by atoms with Crippen LogP contribution in [0.25, 0.3) is 0 Å². The maximum absolute atomic E-state index is 12.4. The molecule has 1 saturated heterocycles. The van der Waals surface area contributed by atoms with Crippen LogP contribution in [0.1, 0.15) is 59.1 Å². The van der Waals surface area contributed by atoms with E-state index in [4.69, 9.17) is 5.26 Å². The van der Waals surface area contributed by atoms with Gasteiger partial charge in [0, 0.05) is 12.0 Å². The van der Waals surface area contributed by atoms with Gasteiger partial charge in [-0.2, -0.15) is 5.26 Å². The second-order valence-corrected chi connectivity index (χ2v) is 7.63. The molecule has 3 amide bonds. The molecule has 2 heterocycles. The number of aromatic nitrogens is 1. The fourth-order valence-electron chi connectivity index (χ4n) is 3.53. The molecule has 1 fully saturated rings. The summed E-state index contributed by atoms with van der Waals surface area (Å²) in [6.07, 6.45) is 0.156. The first kappa shape index (κ1) is 20.2. The summed E-state index contributed by atoms with van der Waals surface area (Å²) in [5.41, 5.74) is 2.40. The van der Waals surface area contributed by atoms with Crippen molar-refractivity contribution >= 4 is 17.7 Å². The Morgan fingerprint density at radius 2 is 2.00 bits per heavy atom. The molecule has 7 nitrogen and oxygen atoms in total. The zero-order valence-corrected chi connectivity index (χ0v) is 16.6. The Bertz CT molecular complexity index is 1020. The van der Waals surface area contributed by atoms with E-state index >= 15 is 0 Å². The standard InChI is InChI=1S/C22H22N4O3/c1-13-8-17(11-23)25-18(9-13)12-24-20(28)16-6-4-15(5-7-16)14(2)22(3)10-19(27)26-21(22)29/h4-9,14H,10,12H2,1-3H3,(H,24,28)(H,26,27,29)/t14-,22+/m1/s1. The van der Waals surface area contributed by atoms with Gasteiger partial charge in [0.2, 0.25) is 11.8 Å². The zero-order valence-electron chi connectivity index (χ0n) is 16.6. The number of carbonyl (C=O) groups is 3. The Kier molecular flexibility index (Phi) is 5.46. The average Bonchev–Trinajstić information content (AvgIpc) is 2.97. The first-order valence-electron chi connectivity index (χ1n) is 9.33. The van der Waals surface area contributed by atoms with E-state index in [9.17, 15) is 14.4 Å². The molecule has 0 unspecified atom stereocenters. The molecule has 2 atom stereocenters. The number of nitriles is 1. The number of nitrogens with one attached hydrogen (secondary N) is 2. The predicted octanol–water partition coefficient (Wildman–Crippen LogP) is 2.35. The SMILES string of the molecule is Cc1cc(C#N)nc(CNC(=O)c2ccc([C@@H](C)[C@]3(C)CC(=O)NC3=O)cc2)c1. The van der Waals surface area contributed by atoms with Crippen LogP contribution in [-0.4, -0.2) is 22.7 Å². The number of hydrogen-bond acceptors (Lipinski definition) is 5. The fourth-order valence-corrected chi connectivity index (χ4v) is 3.53. The minimum Gasteiger partial charge on any atom is -0.346 e. The number of hydrogen-bond donors (Lipinski definition) is 2. The maximum Gasteiger partial charge on any atom is 0.251 e. The second kappa shape index (κ2) is 7.84. The third kappa shape index (κ3) is 4.16. The highest BCUT2D eigenvalue weighted by Crippen LogP contribution is 2.41. The van der Waals surface area contributed by atoms with E-state index in [1.54, 1.807) is 37.3 Å². The molecule has 0 spiro atoms. The van der Waals surface area contributed by atoms with Crippen molar-refractivity contribution in [1.82, 2.24) is 15.6 Å². The Morgan fingerprint density at radius 3 is 2.59 bits per heavy atom. The second-order valence-electron chi connectivity index (χ2n) is 7.63. The molecule has 29 heavy (non-hydrogen) atoms. The molecular weight excluding hydrogens is 368 g/mol. The number of aryl methyl sites for hydroxylation is 1. The summed E-state index contributed by atoms with van der Waals surface area (Å²) in [5.74, 6) is -0.957. The summed E-state index contributed by atoms with van der Waals surface area (Å²) >= 11 is 0. The third-order valence-corrected chi connectivity index (χ3v) is 5.50. The zero-order chi connectivity index (χ0) is 21.2. The van der Waals surface area contributed by atoms with Gasteiger partial charge in [-0.15, -0.1) is 0 Å². The van der Waals surface area contributed by atoms with Crippen LogP contribution in [0.4, 0.5) is 0 Å². The lowest BCUT2D eigenvalue weighted by Gasteiger charge is -2.28. The Hall–Kier alpha value is -3.53. The van der Waals surface area contributed by atoms with Crippen LogP contribution in [0.3, 0.4) is 0 Å². The topological polar surface area (TPSA) is 112 Å². The molecule has 7 heteroatoms. The molecule has 0 aliphatic carbocycles. The van der Waals surface area contributed by atoms with Gasteiger partial charge >= 0.3 is 0 Å². The summed E-state index contributed by atoms with van der Waals surface area (Å²) in [4.78, 5) is 40.4. The molecule has 1 aliphatic rings. The highest BCUT2D eigenvalue weighted by molar-refractivity contribution is 6.06. The van der Waals surface area contributed by atoms with Gasteiger partial charge in [0.1, 0.15) is 11.8 Å². The highest BCUT2D eigenvalue weighted by Gasteiger charge is 2.46. The van der Waals surface area contributed by atoms with Crippen molar-refractivity contribution in [2.24, 2.45) is 5.41 Å². The predicted molar refractivity (Wildman–Crippen MR) is 106 cm³/mol. The molecule has 1 aromatic carbocycles. The summed E-state index contributed by atoms with van der Waals surface area (Å²) in [6, 6.07) is 12.5. The lowest BCUT2D eigenvalue weighted by molar-refractivity contribution is -0.128. The van der Waals surface area contributed by atoms with Gasteiger partial charge < -0.3 is 5.32 Å². The molecule has 148 valence electrons. The highest BCUT2D eigenvalue weighted by atomic mass is 16.2. The monoisotopic (exact) mass is 390 g/mol. The van der Waals surface area contributed by atoms with Crippen molar-refractivity contribution in [3.63, 3.8) is 0 Å². The van der Waals surface area contributed by atoms with E-state index in [2.05, 4.69) is 15.6 Å². The molecule has 2 N–H and O–H groups in total. The Morgan fingerprint density at radius 1 is 1.31 bits per heavy atom. The molecule has 1 aliphatic heterocycles. The summed E-state index contributed by atoms with van der Waals surface area (Å²) in [6.45, 7) is 5.77. The van der Waals surface area contributed by atoms with Crippen LogP contribution in [0.5, 0.6) is 0 Å². The van der Waals surface area contributed by atoms with Gasteiger partial charge in [0.25, 0.3) is 5.91 Å². The Balaban J connectivity index is 1.68. The lowest BCUT2D eigenvalue weighted by atomic mass is 9.73. The van der Waals surface area contributed by atoms with Crippen molar-refractivity contribution in [2.45, 2.75) is 39.7 Å². The number of carbonyl (C=O) groups excluding carboxylic acids is 3. The fraction of sp³-hybridized carbons (Fsp3) is 0.318. The van der Waals surface area contributed by atoms with Crippen molar-refractivity contribution in [3.8, 4) is 6.07 Å². The van der Waals surface area contributed by atoms with Crippen molar-refractivity contribution in [1.29, 1.82) is 5.26 Å². The average molecular weight is 390 g/mol. The first-order valence-corrected chi connectivity index (χ1v) is 9.33. The quantitative estimate of drug-likeness (QED) is 0.761. The van der Waals surface area contributed by atoms with E-state index in [0.717, 1.165) is 11.1 Å². The number of benzene rings is 1. The number of amides is 3.